The summed E-state index contributed by atoms with van der Waals surface area (Å²) in [7, 11) is 0. The van der Waals surface area contributed by atoms with Gasteiger partial charge in [-0.05, 0) is 75.6 Å². The minimum atomic E-state index is -0.561. The monoisotopic (exact) mass is 577 g/mol. The number of rotatable bonds is 4. The molecule has 5 nitrogen and oxygen atoms in total. The first-order valence-corrected chi connectivity index (χ1v) is 12.0. The zero-order valence-electron chi connectivity index (χ0n) is 17.7. The highest BCUT2D eigenvalue weighted by molar-refractivity contribution is 9.10. The van der Waals surface area contributed by atoms with E-state index >= 15 is 0 Å². The second kappa shape index (κ2) is 9.44. The Labute approximate surface area is 213 Å². The number of para-hydroxylation sites is 1. The third-order valence-electron chi connectivity index (χ3n) is 5.42. The fourth-order valence-electron chi connectivity index (χ4n) is 3.78. The number of carbonyl (C=O) groups is 2. The molecule has 1 N–H and O–H groups in total. The van der Waals surface area contributed by atoms with E-state index < -0.39 is 11.9 Å². The molecule has 4 aromatic rings. The Morgan fingerprint density at radius 3 is 2.29 bits per heavy atom. The van der Waals surface area contributed by atoms with E-state index in [-0.39, 0.29) is 11.5 Å². The van der Waals surface area contributed by atoms with Gasteiger partial charge >= 0.3 is 11.9 Å². The number of esters is 2. The van der Waals surface area contributed by atoms with E-state index in [1.165, 1.54) is 0 Å². The highest BCUT2D eigenvalue weighted by atomic mass is 79.9. The summed E-state index contributed by atoms with van der Waals surface area (Å²) in [4.78, 5) is 25.9. The number of nitrogens with one attached hydrogen (secondary N) is 1. The van der Waals surface area contributed by atoms with Gasteiger partial charge in [0.15, 0.2) is 11.5 Å². The van der Waals surface area contributed by atoms with Crippen LogP contribution in [0.3, 0.4) is 0 Å². The lowest BCUT2D eigenvalue weighted by molar-refractivity contribution is 0.0682. The number of halogens is 2. The molecule has 0 aliphatic carbocycles. The van der Waals surface area contributed by atoms with E-state index in [1.807, 2.05) is 36.4 Å². The first-order valence-electron chi connectivity index (χ1n) is 10.4. The largest absolute Gasteiger partial charge is 0.419 e. The van der Waals surface area contributed by atoms with Gasteiger partial charge in [-0.1, -0.05) is 52.3 Å². The zero-order valence-corrected chi connectivity index (χ0v) is 20.9. The third kappa shape index (κ3) is 4.49. The number of fused-ring (bicyclic) bond motifs is 3. The zero-order chi connectivity index (χ0) is 23.7. The molecule has 168 valence electrons. The van der Waals surface area contributed by atoms with Crippen molar-refractivity contribution in [3.63, 3.8) is 0 Å². The van der Waals surface area contributed by atoms with E-state index in [4.69, 9.17) is 9.47 Å². The lowest BCUT2D eigenvalue weighted by atomic mass is 9.94. The average molecular weight is 579 g/mol. The van der Waals surface area contributed by atoms with Crippen LogP contribution in [0.15, 0.2) is 93.9 Å². The first kappa shape index (κ1) is 22.4. The molecule has 0 atom stereocenters. The van der Waals surface area contributed by atoms with Crippen LogP contribution in [0.1, 0.15) is 26.3 Å². The SMILES string of the molecule is O=C(Oc1cc2c(cc1OC(=O)c1ccccc1Br)-c1ccccc1NC2)c1cccc(Br)c1. The quantitative estimate of drug-likeness (QED) is 0.204. The first-order chi connectivity index (χ1) is 16.5. The normalized spacial score (nSPS) is 11.6. The topological polar surface area (TPSA) is 64.6 Å². The molecular formula is C27H17Br2NO4. The van der Waals surface area contributed by atoms with Crippen molar-refractivity contribution in [2.24, 2.45) is 0 Å². The smallest absolute Gasteiger partial charge is 0.344 e. The Morgan fingerprint density at radius 1 is 0.735 bits per heavy atom. The fraction of sp³-hybridized carbons (Fsp3) is 0.0370. The van der Waals surface area contributed by atoms with E-state index in [2.05, 4.69) is 37.2 Å². The van der Waals surface area contributed by atoms with Gasteiger partial charge in [-0.15, -0.1) is 0 Å². The van der Waals surface area contributed by atoms with Gasteiger partial charge in [0.25, 0.3) is 0 Å². The number of carbonyl (C=O) groups excluding carboxylic acids is 2. The fourth-order valence-corrected chi connectivity index (χ4v) is 4.62. The van der Waals surface area contributed by atoms with Crippen molar-refractivity contribution in [3.05, 3.63) is 111 Å². The van der Waals surface area contributed by atoms with Crippen LogP contribution in [0, 0.1) is 0 Å². The standard InChI is InChI=1S/C27H17Br2NO4/c28-18-7-5-6-16(12-18)26(31)33-24-13-17-15-30-23-11-4-2-8-19(23)21(17)14-25(24)34-27(32)20-9-1-3-10-22(20)29/h1-14,30H,15H2. The van der Waals surface area contributed by atoms with Gasteiger partial charge in [0.05, 0.1) is 11.1 Å². The average Bonchev–Trinajstić information content (AvgIpc) is 2.84. The predicted molar refractivity (Wildman–Crippen MR) is 137 cm³/mol. The molecule has 7 heteroatoms. The summed E-state index contributed by atoms with van der Waals surface area (Å²) in [6.07, 6.45) is 0. The number of ether oxygens (including phenoxy) is 2. The molecular weight excluding hydrogens is 562 g/mol. The van der Waals surface area contributed by atoms with Crippen molar-refractivity contribution in [3.8, 4) is 22.6 Å². The van der Waals surface area contributed by atoms with Crippen molar-refractivity contribution in [1.29, 1.82) is 0 Å². The Morgan fingerprint density at radius 2 is 1.47 bits per heavy atom. The Kier molecular flexibility index (Phi) is 6.22. The van der Waals surface area contributed by atoms with Crippen LogP contribution in [0.25, 0.3) is 11.1 Å². The molecule has 0 aromatic heterocycles. The maximum absolute atomic E-state index is 13.0. The molecule has 0 bridgehead atoms. The Balaban J connectivity index is 1.56. The molecule has 1 heterocycles. The summed E-state index contributed by atoms with van der Waals surface area (Å²) >= 11 is 6.76. The second-order valence-electron chi connectivity index (χ2n) is 7.62. The van der Waals surface area contributed by atoms with Crippen molar-refractivity contribution in [2.45, 2.75) is 6.54 Å². The summed E-state index contributed by atoms with van der Waals surface area (Å²) in [5.74, 6) is -0.775. The molecule has 34 heavy (non-hydrogen) atoms. The molecule has 0 radical (unpaired) electrons. The van der Waals surface area contributed by atoms with Crippen molar-refractivity contribution >= 4 is 49.5 Å². The molecule has 1 aliphatic rings. The van der Waals surface area contributed by atoms with Crippen molar-refractivity contribution in [1.82, 2.24) is 0 Å². The van der Waals surface area contributed by atoms with Gasteiger partial charge in [-0.3, -0.25) is 0 Å². The number of hydrogen-bond acceptors (Lipinski definition) is 5. The van der Waals surface area contributed by atoms with Gasteiger partial charge < -0.3 is 14.8 Å². The summed E-state index contributed by atoms with van der Waals surface area (Å²) in [5.41, 5.74) is 4.54. The lowest BCUT2D eigenvalue weighted by Gasteiger charge is -2.23. The van der Waals surface area contributed by atoms with Crippen molar-refractivity contribution < 1.29 is 19.1 Å². The molecule has 5 rings (SSSR count). The van der Waals surface area contributed by atoms with E-state index in [1.54, 1.807) is 48.5 Å². The molecule has 0 fully saturated rings. The van der Waals surface area contributed by atoms with Gasteiger partial charge in [0.1, 0.15) is 0 Å². The van der Waals surface area contributed by atoms with Crippen LogP contribution < -0.4 is 14.8 Å². The van der Waals surface area contributed by atoms with Gasteiger partial charge in [0.2, 0.25) is 0 Å². The highest BCUT2D eigenvalue weighted by Crippen LogP contribution is 2.42. The maximum atomic E-state index is 13.0. The lowest BCUT2D eigenvalue weighted by Crippen LogP contribution is -2.15. The number of benzene rings is 4. The molecule has 0 saturated heterocycles. The van der Waals surface area contributed by atoms with E-state index in [9.17, 15) is 9.59 Å². The molecule has 1 aliphatic heterocycles. The Bertz CT molecular complexity index is 1430. The van der Waals surface area contributed by atoms with Crippen LogP contribution >= 0.6 is 31.9 Å². The Hall–Kier alpha value is -3.42. The van der Waals surface area contributed by atoms with Crippen molar-refractivity contribution in [2.75, 3.05) is 5.32 Å². The minimum absolute atomic E-state index is 0.166. The molecule has 0 saturated carbocycles. The second-order valence-corrected chi connectivity index (χ2v) is 9.39. The van der Waals surface area contributed by atoms with Crippen LogP contribution in [0.2, 0.25) is 0 Å². The van der Waals surface area contributed by atoms with Crippen LogP contribution in [-0.2, 0) is 6.54 Å². The minimum Gasteiger partial charge on any atom is -0.419 e. The highest BCUT2D eigenvalue weighted by Gasteiger charge is 2.23. The van der Waals surface area contributed by atoms with Gasteiger partial charge in [-0.2, -0.15) is 0 Å². The third-order valence-corrected chi connectivity index (χ3v) is 6.60. The predicted octanol–water partition coefficient (Wildman–Crippen LogP) is 7.24. The molecule has 0 spiro atoms. The van der Waals surface area contributed by atoms with Crippen LogP contribution in [-0.4, -0.2) is 11.9 Å². The maximum Gasteiger partial charge on any atom is 0.344 e. The molecule has 0 unspecified atom stereocenters. The van der Waals surface area contributed by atoms with E-state index in [0.29, 0.717) is 22.1 Å². The number of hydrogen-bond donors (Lipinski definition) is 1. The van der Waals surface area contributed by atoms with Gasteiger partial charge in [0, 0.05) is 26.7 Å². The number of anilines is 1. The summed E-state index contributed by atoms with van der Waals surface area (Å²) in [6.45, 7) is 0.548. The van der Waals surface area contributed by atoms with Gasteiger partial charge in [-0.25, -0.2) is 9.59 Å². The summed E-state index contributed by atoms with van der Waals surface area (Å²) < 4.78 is 12.9. The van der Waals surface area contributed by atoms with E-state index in [0.717, 1.165) is 26.9 Å². The molecule has 4 aromatic carbocycles. The summed E-state index contributed by atoms with van der Waals surface area (Å²) in [5, 5.41) is 3.37. The van der Waals surface area contributed by atoms with Crippen LogP contribution in [0.4, 0.5) is 5.69 Å². The summed E-state index contributed by atoms with van der Waals surface area (Å²) in [6, 6.07) is 25.3. The van der Waals surface area contributed by atoms with Crippen LogP contribution in [0.5, 0.6) is 11.5 Å². The molecule has 0 amide bonds.